The quantitative estimate of drug-likeness (QED) is 0.288. The Morgan fingerprint density at radius 3 is 2.15 bits per heavy atom. The maximum Gasteiger partial charge on any atom is 0.243 e. The maximum atomic E-state index is 13.9. The van der Waals surface area contributed by atoms with Gasteiger partial charge in [-0.3, -0.25) is 13.9 Å². The van der Waals surface area contributed by atoms with Crippen LogP contribution in [0.5, 0.6) is 0 Å². The minimum absolute atomic E-state index is 0.0620. The van der Waals surface area contributed by atoms with Crippen LogP contribution in [0.2, 0.25) is 5.02 Å². The highest BCUT2D eigenvalue weighted by Crippen LogP contribution is 2.22. The number of hydrogen-bond donors (Lipinski definition) is 1. The topological polar surface area (TPSA) is 86.8 Å². The van der Waals surface area contributed by atoms with E-state index in [1.807, 2.05) is 82.3 Å². The number of hydrogen-bond acceptors (Lipinski definition) is 4. The summed E-state index contributed by atoms with van der Waals surface area (Å²) in [5.41, 5.74) is 2.79. The molecule has 1 N–H and O–H groups in total. The van der Waals surface area contributed by atoms with Crippen molar-refractivity contribution < 1.29 is 18.0 Å². The Hall–Kier alpha value is -3.36. The molecule has 3 aromatic carbocycles. The molecule has 0 aliphatic carbocycles. The standard InChI is InChI=1S/C32H40ClN3O4S/c1-24-16-18-28(19-17-24)36(41(5,39)40)20-10-15-30(37)35(23-26-13-9-14-27(33)21-26)29(31(38)34-32(2,3)4)22-25-11-7-6-8-12-25/h6-9,11-14,16-19,21,29H,10,15,20,22-23H2,1-5H3,(H,34,38). The van der Waals surface area contributed by atoms with Crippen molar-refractivity contribution in [3.63, 3.8) is 0 Å². The summed E-state index contributed by atoms with van der Waals surface area (Å²) >= 11 is 6.25. The summed E-state index contributed by atoms with van der Waals surface area (Å²) in [4.78, 5) is 29.2. The predicted molar refractivity (Wildman–Crippen MR) is 166 cm³/mol. The van der Waals surface area contributed by atoms with Crippen LogP contribution in [0.1, 0.15) is 50.3 Å². The second-order valence-electron chi connectivity index (χ2n) is 11.4. The lowest BCUT2D eigenvalue weighted by Gasteiger charge is -2.34. The van der Waals surface area contributed by atoms with E-state index in [9.17, 15) is 18.0 Å². The predicted octanol–water partition coefficient (Wildman–Crippen LogP) is 5.75. The third-order valence-corrected chi connectivity index (χ3v) is 7.91. The number of nitrogens with one attached hydrogen (secondary N) is 1. The van der Waals surface area contributed by atoms with E-state index in [1.54, 1.807) is 29.2 Å². The van der Waals surface area contributed by atoms with Gasteiger partial charge in [0.1, 0.15) is 6.04 Å². The van der Waals surface area contributed by atoms with Gasteiger partial charge in [0.05, 0.1) is 11.9 Å². The third-order valence-electron chi connectivity index (χ3n) is 6.49. The first kappa shape index (κ1) is 32.2. The molecule has 0 heterocycles. The average molecular weight is 598 g/mol. The molecule has 1 unspecified atom stereocenters. The zero-order valence-electron chi connectivity index (χ0n) is 24.4. The average Bonchev–Trinajstić information content (AvgIpc) is 2.88. The molecule has 1 atom stereocenters. The number of amides is 2. The molecule has 3 rings (SSSR count). The number of benzene rings is 3. The molecular weight excluding hydrogens is 558 g/mol. The number of anilines is 1. The highest BCUT2D eigenvalue weighted by molar-refractivity contribution is 7.92. The molecule has 3 aromatic rings. The van der Waals surface area contributed by atoms with Crippen molar-refractivity contribution in [3.8, 4) is 0 Å². The molecular formula is C32H40ClN3O4S. The molecule has 0 aliphatic heterocycles. The Morgan fingerprint density at radius 1 is 0.927 bits per heavy atom. The molecule has 2 amide bonds. The lowest BCUT2D eigenvalue weighted by molar-refractivity contribution is -0.142. The van der Waals surface area contributed by atoms with Gasteiger partial charge in [0.25, 0.3) is 0 Å². The van der Waals surface area contributed by atoms with Crippen LogP contribution in [-0.4, -0.2) is 49.5 Å². The molecule has 220 valence electrons. The molecule has 0 aliphatic rings. The Bertz CT molecular complexity index is 1420. The van der Waals surface area contributed by atoms with E-state index < -0.39 is 21.6 Å². The minimum atomic E-state index is -3.56. The van der Waals surface area contributed by atoms with E-state index in [4.69, 9.17) is 11.6 Å². The number of carbonyl (C=O) groups excluding carboxylic acids is 2. The summed E-state index contributed by atoms with van der Waals surface area (Å²) in [5, 5.41) is 3.58. The number of nitrogens with zero attached hydrogens (tertiary/aromatic N) is 2. The van der Waals surface area contributed by atoms with E-state index >= 15 is 0 Å². The van der Waals surface area contributed by atoms with Gasteiger partial charge in [-0.05, 0) is 69.5 Å². The van der Waals surface area contributed by atoms with Crippen molar-refractivity contribution in [1.82, 2.24) is 10.2 Å². The second-order valence-corrected chi connectivity index (χ2v) is 13.7. The van der Waals surface area contributed by atoms with Crippen molar-refractivity contribution in [2.45, 2.75) is 65.1 Å². The third kappa shape index (κ3) is 10.2. The fourth-order valence-electron chi connectivity index (χ4n) is 4.55. The monoisotopic (exact) mass is 597 g/mol. The Labute approximate surface area is 249 Å². The van der Waals surface area contributed by atoms with E-state index in [-0.39, 0.29) is 37.7 Å². The van der Waals surface area contributed by atoms with Crippen LogP contribution in [0.4, 0.5) is 5.69 Å². The van der Waals surface area contributed by atoms with Crippen molar-refractivity contribution in [2.24, 2.45) is 0 Å². The number of sulfonamides is 1. The van der Waals surface area contributed by atoms with Crippen LogP contribution < -0.4 is 9.62 Å². The Balaban J connectivity index is 1.90. The van der Waals surface area contributed by atoms with Gasteiger partial charge in [0.15, 0.2) is 0 Å². The fourth-order valence-corrected chi connectivity index (χ4v) is 5.73. The van der Waals surface area contributed by atoms with E-state index in [2.05, 4.69) is 5.32 Å². The van der Waals surface area contributed by atoms with E-state index in [0.29, 0.717) is 17.1 Å². The molecule has 41 heavy (non-hydrogen) atoms. The summed E-state index contributed by atoms with van der Waals surface area (Å²) in [7, 11) is -3.56. The largest absolute Gasteiger partial charge is 0.350 e. The smallest absolute Gasteiger partial charge is 0.243 e. The molecule has 0 spiro atoms. The summed E-state index contributed by atoms with van der Waals surface area (Å²) in [5.74, 6) is -0.499. The van der Waals surface area contributed by atoms with E-state index in [1.165, 1.54) is 4.31 Å². The van der Waals surface area contributed by atoms with Crippen LogP contribution in [0, 0.1) is 6.92 Å². The van der Waals surface area contributed by atoms with Crippen LogP contribution in [0.3, 0.4) is 0 Å². The minimum Gasteiger partial charge on any atom is -0.350 e. The van der Waals surface area contributed by atoms with Gasteiger partial charge in [-0.15, -0.1) is 0 Å². The molecule has 0 saturated heterocycles. The highest BCUT2D eigenvalue weighted by Gasteiger charge is 2.32. The number of carbonyl (C=O) groups is 2. The zero-order valence-corrected chi connectivity index (χ0v) is 26.0. The van der Waals surface area contributed by atoms with Crippen LogP contribution in [-0.2, 0) is 32.6 Å². The normalized spacial score (nSPS) is 12.4. The van der Waals surface area contributed by atoms with Gasteiger partial charge >= 0.3 is 0 Å². The van der Waals surface area contributed by atoms with Crippen molar-refractivity contribution in [1.29, 1.82) is 0 Å². The van der Waals surface area contributed by atoms with Crippen molar-refractivity contribution in [3.05, 3.63) is 101 Å². The molecule has 0 saturated carbocycles. The SMILES string of the molecule is Cc1ccc(N(CCCC(=O)N(Cc2cccc(Cl)c2)C(Cc2ccccc2)C(=O)NC(C)(C)C)S(C)(=O)=O)cc1. The zero-order chi connectivity index (χ0) is 30.2. The van der Waals surface area contributed by atoms with Gasteiger partial charge in [-0.1, -0.05) is 71.8 Å². The summed E-state index contributed by atoms with van der Waals surface area (Å²) < 4.78 is 26.5. The second kappa shape index (κ2) is 14.0. The fraction of sp³-hybridized carbons (Fsp3) is 0.375. The number of halogens is 1. The van der Waals surface area contributed by atoms with Crippen molar-refractivity contribution >= 4 is 39.1 Å². The van der Waals surface area contributed by atoms with E-state index in [0.717, 1.165) is 22.9 Å². The highest BCUT2D eigenvalue weighted by atomic mass is 35.5. The van der Waals surface area contributed by atoms with Crippen molar-refractivity contribution in [2.75, 3.05) is 17.1 Å². The number of aryl methyl sites for hydroxylation is 1. The molecule has 0 aromatic heterocycles. The summed E-state index contributed by atoms with van der Waals surface area (Å²) in [6.45, 7) is 7.96. The first-order valence-electron chi connectivity index (χ1n) is 13.7. The Kier molecular flexibility index (Phi) is 11.0. The van der Waals surface area contributed by atoms with Crippen LogP contribution >= 0.6 is 11.6 Å². The summed E-state index contributed by atoms with van der Waals surface area (Å²) in [6, 6.07) is 23.3. The molecule has 7 nitrogen and oxygen atoms in total. The Morgan fingerprint density at radius 2 is 1.56 bits per heavy atom. The lowest BCUT2D eigenvalue weighted by atomic mass is 10.00. The summed E-state index contributed by atoms with van der Waals surface area (Å²) in [6.07, 6.45) is 1.83. The first-order valence-corrected chi connectivity index (χ1v) is 15.9. The van der Waals surface area contributed by atoms with Gasteiger partial charge < -0.3 is 10.2 Å². The maximum absolute atomic E-state index is 13.9. The van der Waals surface area contributed by atoms with Gasteiger partial charge in [-0.2, -0.15) is 0 Å². The van der Waals surface area contributed by atoms with Crippen LogP contribution in [0.15, 0.2) is 78.9 Å². The number of rotatable bonds is 12. The first-order chi connectivity index (χ1) is 19.2. The molecule has 0 radical (unpaired) electrons. The van der Waals surface area contributed by atoms with Gasteiger partial charge in [0.2, 0.25) is 21.8 Å². The van der Waals surface area contributed by atoms with Gasteiger partial charge in [0, 0.05) is 36.5 Å². The molecule has 9 heteroatoms. The van der Waals surface area contributed by atoms with Crippen LogP contribution in [0.25, 0.3) is 0 Å². The molecule has 0 fully saturated rings. The molecule has 0 bridgehead atoms. The lowest BCUT2D eigenvalue weighted by Crippen LogP contribution is -2.54. The van der Waals surface area contributed by atoms with Gasteiger partial charge in [-0.25, -0.2) is 8.42 Å².